The van der Waals surface area contributed by atoms with Crippen LogP contribution in [-0.2, 0) is 26.5 Å². The molecule has 0 radical (unpaired) electrons. The zero-order valence-corrected chi connectivity index (χ0v) is 26.4. The Labute approximate surface area is 269 Å². The Morgan fingerprint density at radius 3 is 1.26 bits per heavy atom. The van der Waals surface area contributed by atoms with Gasteiger partial charge in [-0.2, -0.15) is 0 Å². The predicted octanol–water partition coefficient (Wildman–Crippen LogP) is 4.31. The number of carboxylic acid groups (broad SMARTS) is 2. The second kappa shape index (κ2) is 13.7. The summed E-state index contributed by atoms with van der Waals surface area (Å²) in [5.74, 6) is -2.91. The number of benzene rings is 4. The van der Waals surface area contributed by atoms with E-state index in [1.165, 1.54) is 86.6 Å². The molecule has 6 N–H and O–H groups in total. The number of hydrogen-bond acceptors (Lipinski definition) is 8. The third-order valence-corrected chi connectivity index (χ3v) is 9.87. The van der Waals surface area contributed by atoms with Crippen molar-refractivity contribution in [3.63, 3.8) is 0 Å². The number of aromatic carboxylic acids is 2. The van der Waals surface area contributed by atoms with Crippen molar-refractivity contribution in [2.75, 3.05) is 10.6 Å². The molecule has 14 nitrogen and oxygen atoms in total. The molecular formula is C31H28N4O10S2. The number of hydrogen-bond donors (Lipinski definition) is 6. The van der Waals surface area contributed by atoms with Crippen molar-refractivity contribution in [3.05, 3.63) is 118 Å². The lowest BCUT2D eigenvalue weighted by atomic mass is 9.93. The molecule has 0 unspecified atom stereocenters. The van der Waals surface area contributed by atoms with E-state index in [2.05, 4.69) is 10.6 Å². The number of nitrogens with one attached hydrogen (secondary N) is 4. The summed E-state index contributed by atoms with van der Waals surface area (Å²) in [6.45, 7) is 3.07. The number of anilines is 2. The molecule has 16 heteroatoms. The molecule has 4 aromatic carbocycles. The molecule has 4 rings (SSSR count). The van der Waals surface area contributed by atoms with E-state index in [4.69, 9.17) is 0 Å². The number of carbonyl (C=O) groups is 4. The smallest absolute Gasteiger partial charge is 0.336 e. The van der Waals surface area contributed by atoms with Gasteiger partial charge in [-0.15, -0.1) is 0 Å². The second-order valence-electron chi connectivity index (χ2n) is 10.1. The molecular weight excluding hydrogens is 652 g/mol. The van der Waals surface area contributed by atoms with Crippen molar-refractivity contribution in [2.45, 2.75) is 30.1 Å². The van der Waals surface area contributed by atoms with Gasteiger partial charge < -0.3 is 20.8 Å². The lowest BCUT2D eigenvalue weighted by Crippen LogP contribution is -2.35. The monoisotopic (exact) mass is 680 g/mol. The Balaban J connectivity index is 1.69. The van der Waals surface area contributed by atoms with Crippen LogP contribution >= 0.6 is 0 Å². The van der Waals surface area contributed by atoms with Crippen molar-refractivity contribution in [3.8, 4) is 0 Å². The summed E-state index contributed by atoms with van der Waals surface area (Å²) in [7, 11) is -8.69. The van der Waals surface area contributed by atoms with Gasteiger partial charge in [0, 0.05) is 17.8 Å². The summed E-state index contributed by atoms with van der Waals surface area (Å²) in [5.41, 5.74) is -0.670. The predicted molar refractivity (Wildman–Crippen MR) is 171 cm³/mol. The number of rotatable bonds is 10. The number of urea groups is 2. The second-order valence-corrected chi connectivity index (χ2v) is 13.4. The van der Waals surface area contributed by atoms with E-state index in [0.717, 1.165) is 0 Å². The summed E-state index contributed by atoms with van der Waals surface area (Å²) in [6.07, 6.45) is -0.523. The Morgan fingerprint density at radius 2 is 0.915 bits per heavy atom. The van der Waals surface area contributed by atoms with Crippen LogP contribution in [0, 0.1) is 13.8 Å². The molecule has 4 amide bonds. The molecule has 0 aromatic heterocycles. The van der Waals surface area contributed by atoms with Crippen LogP contribution in [0.15, 0.2) is 94.7 Å². The topological polar surface area (TPSA) is 225 Å². The maximum atomic E-state index is 12.9. The number of aryl methyl sites for hydroxylation is 2. The Kier molecular flexibility index (Phi) is 9.96. The van der Waals surface area contributed by atoms with Crippen LogP contribution in [-0.4, -0.2) is 51.0 Å². The minimum atomic E-state index is -4.34. The standard InChI is InChI=1S/C31H28N4O10S2/c1-18-9-3-5-15-26(18)46(42,43)34-30(40)32-24-13-7-11-20(28(36)37)22(24)17-23-21(29(38)39)12-8-14-25(23)33-31(41)35-47(44,45)27-16-6-4-10-19(27)2/h3-16H,17H2,1-2H3,(H,36,37)(H,38,39)(H2,32,34,40)(H2,33,35,41). The largest absolute Gasteiger partial charge is 0.478 e. The van der Waals surface area contributed by atoms with Gasteiger partial charge in [-0.25, -0.2) is 45.5 Å². The fraction of sp³-hybridized carbons (Fsp3) is 0.0968. The average molecular weight is 681 g/mol. The third-order valence-electron chi connectivity index (χ3n) is 6.88. The van der Waals surface area contributed by atoms with Gasteiger partial charge in [0.05, 0.1) is 20.9 Å². The van der Waals surface area contributed by atoms with Crippen LogP contribution in [0.2, 0.25) is 0 Å². The summed E-state index contributed by atoms with van der Waals surface area (Å²) >= 11 is 0. The Morgan fingerprint density at radius 1 is 0.553 bits per heavy atom. The highest BCUT2D eigenvalue weighted by molar-refractivity contribution is 7.90. The van der Waals surface area contributed by atoms with Gasteiger partial charge in [-0.1, -0.05) is 48.5 Å². The Bertz CT molecular complexity index is 1980. The van der Waals surface area contributed by atoms with Crippen molar-refractivity contribution in [2.24, 2.45) is 0 Å². The van der Waals surface area contributed by atoms with Gasteiger partial charge in [-0.3, -0.25) is 0 Å². The van der Waals surface area contributed by atoms with Crippen LogP contribution < -0.4 is 20.1 Å². The molecule has 4 aromatic rings. The fourth-order valence-corrected chi connectivity index (χ4v) is 7.04. The van der Waals surface area contributed by atoms with E-state index in [1.807, 2.05) is 9.44 Å². The van der Waals surface area contributed by atoms with E-state index in [0.29, 0.717) is 11.1 Å². The fourth-order valence-electron chi connectivity index (χ4n) is 4.73. The molecule has 0 saturated heterocycles. The van der Waals surface area contributed by atoms with Crippen LogP contribution in [0.4, 0.5) is 21.0 Å². The summed E-state index contributed by atoms with van der Waals surface area (Å²) in [6, 6.07) is 16.8. The van der Waals surface area contributed by atoms with Crippen LogP contribution in [0.5, 0.6) is 0 Å². The van der Waals surface area contributed by atoms with Crippen molar-refractivity contribution < 1.29 is 46.2 Å². The highest BCUT2D eigenvalue weighted by Gasteiger charge is 2.25. The molecule has 0 saturated carbocycles. The highest BCUT2D eigenvalue weighted by Crippen LogP contribution is 2.30. The zero-order valence-electron chi connectivity index (χ0n) is 24.8. The third kappa shape index (κ3) is 7.92. The normalized spacial score (nSPS) is 11.3. The minimum Gasteiger partial charge on any atom is -0.478 e. The molecule has 0 aliphatic heterocycles. The minimum absolute atomic E-state index is 0.145. The lowest BCUT2D eigenvalue weighted by molar-refractivity contribution is 0.0686. The number of sulfonamides is 2. The number of amides is 4. The SMILES string of the molecule is Cc1ccccc1S(=O)(=O)NC(=O)Nc1cccc(C(=O)O)c1Cc1c(NC(=O)NS(=O)(=O)c2ccccc2C)cccc1C(=O)O. The van der Waals surface area contributed by atoms with E-state index in [1.54, 1.807) is 12.1 Å². The molecule has 0 heterocycles. The molecule has 0 bridgehead atoms. The molecule has 0 aliphatic carbocycles. The lowest BCUT2D eigenvalue weighted by Gasteiger charge is -2.18. The van der Waals surface area contributed by atoms with Gasteiger partial charge in [-0.05, 0) is 72.5 Å². The molecule has 47 heavy (non-hydrogen) atoms. The van der Waals surface area contributed by atoms with Gasteiger partial charge >= 0.3 is 24.0 Å². The maximum absolute atomic E-state index is 12.9. The summed E-state index contributed by atoms with van der Waals surface area (Å²) in [4.78, 5) is 49.9. The molecule has 0 fully saturated rings. The highest BCUT2D eigenvalue weighted by atomic mass is 32.2. The van der Waals surface area contributed by atoms with Crippen molar-refractivity contribution >= 4 is 55.4 Å². The Hall–Kier alpha value is -5.74. The average Bonchev–Trinajstić information content (AvgIpc) is 2.98. The first kappa shape index (κ1) is 34.1. The van der Waals surface area contributed by atoms with Gasteiger partial charge in [0.15, 0.2) is 0 Å². The van der Waals surface area contributed by atoms with Gasteiger partial charge in [0.1, 0.15) is 0 Å². The first-order valence-corrected chi connectivity index (χ1v) is 16.6. The van der Waals surface area contributed by atoms with Crippen LogP contribution in [0.25, 0.3) is 0 Å². The van der Waals surface area contributed by atoms with Crippen molar-refractivity contribution in [1.29, 1.82) is 0 Å². The molecule has 0 aliphatic rings. The summed E-state index contributed by atoms with van der Waals surface area (Å²) in [5, 5.41) is 24.5. The van der Waals surface area contributed by atoms with E-state index < -0.39 is 50.5 Å². The summed E-state index contributed by atoms with van der Waals surface area (Å²) < 4.78 is 55.2. The molecule has 0 atom stereocenters. The first-order chi connectivity index (χ1) is 22.1. The maximum Gasteiger partial charge on any atom is 0.336 e. The number of carboxylic acids is 2. The first-order valence-electron chi connectivity index (χ1n) is 13.6. The molecule has 0 spiro atoms. The molecule has 244 valence electrons. The quantitative estimate of drug-likeness (QED) is 0.139. The van der Waals surface area contributed by atoms with E-state index in [9.17, 15) is 46.2 Å². The van der Waals surface area contributed by atoms with Crippen LogP contribution in [0.3, 0.4) is 0 Å². The van der Waals surface area contributed by atoms with Crippen LogP contribution in [0.1, 0.15) is 43.0 Å². The van der Waals surface area contributed by atoms with E-state index in [-0.39, 0.29) is 43.4 Å². The van der Waals surface area contributed by atoms with E-state index >= 15 is 0 Å². The van der Waals surface area contributed by atoms with Crippen molar-refractivity contribution in [1.82, 2.24) is 9.44 Å². The van der Waals surface area contributed by atoms with Gasteiger partial charge in [0.2, 0.25) is 0 Å². The zero-order chi connectivity index (χ0) is 34.5. The van der Waals surface area contributed by atoms with Gasteiger partial charge in [0.25, 0.3) is 20.0 Å². The number of carbonyl (C=O) groups excluding carboxylic acids is 2.